The van der Waals surface area contributed by atoms with Crippen LogP contribution in [0.2, 0.25) is 0 Å². The number of aryl methyl sites for hydroxylation is 1. The Balaban J connectivity index is 1.86. The molecule has 0 bridgehead atoms. The summed E-state index contributed by atoms with van der Waals surface area (Å²) >= 11 is 0. The molecule has 1 aliphatic rings. The van der Waals surface area contributed by atoms with Gasteiger partial charge in [0.05, 0.1) is 6.20 Å². The van der Waals surface area contributed by atoms with Gasteiger partial charge in [0.15, 0.2) is 11.6 Å². The Hall–Kier alpha value is -2.50. The first-order valence-corrected chi connectivity index (χ1v) is 7.14. The summed E-state index contributed by atoms with van der Waals surface area (Å²) < 4.78 is 19.0. The highest BCUT2D eigenvalue weighted by Gasteiger charge is 2.21. The lowest BCUT2D eigenvalue weighted by atomic mass is 10.1. The number of benzene rings is 1. The van der Waals surface area contributed by atoms with E-state index in [4.69, 9.17) is 4.74 Å². The van der Waals surface area contributed by atoms with Crippen molar-refractivity contribution < 1.29 is 13.9 Å². The minimum atomic E-state index is -0.302. The van der Waals surface area contributed by atoms with Crippen molar-refractivity contribution >= 4 is 11.6 Å². The number of carbonyl (C=O) groups is 1. The van der Waals surface area contributed by atoms with Crippen molar-refractivity contribution in [1.29, 1.82) is 0 Å². The van der Waals surface area contributed by atoms with Crippen molar-refractivity contribution in [2.75, 3.05) is 18.0 Å². The van der Waals surface area contributed by atoms with Crippen molar-refractivity contribution in [2.45, 2.75) is 19.8 Å². The van der Waals surface area contributed by atoms with Crippen LogP contribution in [0.15, 0.2) is 30.7 Å². The van der Waals surface area contributed by atoms with E-state index >= 15 is 0 Å². The molecule has 6 heteroatoms. The van der Waals surface area contributed by atoms with Gasteiger partial charge < -0.3 is 9.64 Å². The Morgan fingerprint density at radius 1 is 1.23 bits per heavy atom. The smallest absolute Gasteiger partial charge is 0.188 e. The predicted molar refractivity (Wildman–Crippen MR) is 79.7 cm³/mol. The number of Topliss-reactive ketones (excluding diaryl/α,β-unsaturated/α-hetero) is 1. The number of ether oxygens (including phenoxy) is 1. The van der Waals surface area contributed by atoms with Gasteiger partial charge in [0.25, 0.3) is 0 Å². The first-order chi connectivity index (χ1) is 10.6. The molecule has 0 spiro atoms. The largest absolute Gasteiger partial charge is 0.452 e. The molecule has 114 valence electrons. The number of nitrogens with zero attached hydrogens (tertiary/aromatic N) is 3. The fraction of sp³-hybridized carbons (Fsp3) is 0.312. The molecule has 0 unspecified atom stereocenters. The first-order valence-electron chi connectivity index (χ1n) is 7.14. The molecular weight excluding hydrogens is 285 g/mol. The highest BCUT2D eigenvalue weighted by atomic mass is 19.1. The third-order valence-electron chi connectivity index (χ3n) is 3.64. The zero-order valence-corrected chi connectivity index (χ0v) is 12.3. The molecule has 0 N–H and O–H groups in total. The Labute approximate surface area is 127 Å². The molecule has 22 heavy (non-hydrogen) atoms. The molecule has 1 aliphatic heterocycles. The lowest BCUT2D eigenvalue weighted by Crippen LogP contribution is -2.34. The second kappa shape index (κ2) is 6.09. The molecule has 1 fully saturated rings. The summed E-state index contributed by atoms with van der Waals surface area (Å²) in [4.78, 5) is 21.6. The molecule has 5 nitrogen and oxygen atoms in total. The van der Waals surface area contributed by atoms with E-state index in [1.54, 1.807) is 19.2 Å². The second-order valence-corrected chi connectivity index (χ2v) is 5.25. The average molecular weight is 301 g/mol. The molecular formula is C16H16FN3O2. The van der Waals surface area contributed by atoms with Crippen LogP contribution in [0.3, 0.4) is 0 Å². The highest BCUT2D eigenvalue weighted by Crippen LogP contribution is 2.32. The van der Waals surface area contributed by atoms with Crippen LogP contribution in [0, 0.1) is 12.7 Å². The number of hydrogen-bond acceptors (Lipinski definition) is 5. The lowest BCUT2D eigenvalue weighted by Gasteiger charge is -2.28. The fourth-order valence-corrected chi connectivity index (χ4v) is 2.43. The van der Waals surface area contributed by atoms with Crippen molar-refractivity contribution in [3.63, 3.8) is 0 Å². The Bertz CT molecular complexity index is 696. The molecule has 0 aliphatic carbocycles. The lowest BCUT2D eigenvalue weighted by molar-refractivity contribution is -0.119. The molecule has 0 amide bonds. The minimum absolute atomic E-state index is 0.266. The van der Waals surface area contributed by atoms with E-state index in [2.05, 4.69) is 9.97 Å². The number of rotatable bonds is 3. The van der Waals surface area contributed by atoms with E-state index in [1.165, 1.54) is 18.5 Å². The van der Waals surface area contributed by atoms with Gasteiger partial charge in [-0.2, -0.15) is 0 Å². The second-order valence-electron chi connectivity index (χ2n) is 5.25. The molecule has 0 radical (unpaired) electrons. The summed E-state index contributed by atoms with van der Waals surface area (Å²) in [6, 6.07) is 4.35. The topological polar surface area (TPSA) is 55.3 Å². The summed E-state index contributed by atoms with van der Waals surface area (Å²) in [6.07, 6.45) is 4.07. The van der Waals surface area contributed by atoms with Crippen LogP contribution in [0.1, 0.15) is 18.4 Å². The van der Waals surface area contributed by atoms with E-state index in [1.807, 2.05) is 4.90 Å². The van der Waals surface area contributed by atoms with Crippen LogP contribution in [-0.2, 0) is 4.79 Å². The molecule has 2 aromatic rings. The molecule has 1 aromatic carbocycles. The summed E-state index contributed by atoms with van der Waals surface area (Å²) in [6.45, 7) is 3.02. The maximum Gasteiger partial charge on any atom is 0.188 e. The maximum absolute atomic E-state index is 13.2. The number of carbonyl (C=O) groups excluding carboxylic acids is 1. The summed E-state index contributed by atoms with van der Waals surface area (Å²) in [5.41, 5.74) is 0.698. The summed E-state index contributed by atoms with van der Waals surface area (Å²) in [5, 5.41) is 0. The number of hydrogen-bond donors (Lipinski definition) is 0. The summed E-state index contributed by atoms with van der Waals surface area (Å²) in [5.74, 6) is 1.69. The average Bonchev–Trinajstić information content (AvgIpc) is 2.51. The van der Waals surface area contributed by atoms with Crippen molar-refractivity contribution in [2.24, 2.45) is 0 Å². The molecule has 3 rings (SSSR count). The van der Waals surface area contributed by atoms with E-state index in [0.29, 0.717) is 48.8 Å². The highest BCUT2D eigenvalue weighted by molar-refractivity contribution is 5.81. The van der Waals surface area contributed by atoms with Crippen molar-refractivity contribution in [3.05, 3.63) is 42.1 Å². The minimum Gasteiger partial charge on any atom is -0.452 e. The fourth-order valence-electron chi connectivity index (χ4n) is 2.43. The van der Waals surface area contributed by atoms with Crippen molar-refractivity contribution in [3.8, 4) is 11.5 Å². The van der Waals surface area contributed by atoms with E-state index < -0.39 is 0 Å². The SMILES string of the molecule is Cc1cc(F)ccc1Oc1cncnc1N1CCC(=O)CC1. The standard InChI is InChI=1S/C16H16FN3O2/c1-11-8-12(17)2-3-14(11)22-15-9-18-10-19-16(15)20-6-4-13(21)5-7-20/h2-3,8-10H,4-7H2,1H3. The Morgan fingerprint density at radius 3 is 2.73 bits per heavy atom. The van der Waals surface area contributed by atoms with E-state index in [-0.39, 0.29) is 11.6 Å². The first kappa shape index (κ1) is 14.4. The monoisotopic (exact) mass is 301 g/mol. The molecule has 0 atom stereocenters. The van der Waals surface area contributed by atoms with Gasteiger partial charge in [-0.15, -0.1) is 0 Å². The number of ketones is 1. The number of halogens is 1. The van der Waals surface area contributed by atoms with Gasteiger partial charge in [-0.25, -0.2) is 14.4 Å². The molecule has 2 heterocycles. The molecule has 1 aromatic heterocycles. The quantitative estimate of drug-likeness (QED) is 0.872. The van der Waals surface area contributed by atoms with Gasteiger partial charge in [0, 0.05) is 25.9 Å². The van der Waals surface area contributed by atoms with E-state index in [0.717, 1.165) is 0 Å². The van der Waals surface area contributed by atoms with Gasteiger partial charge in [0.1, 0.15) is 23.7 Å². The van der Waals surface area contributed by atoms with Crippen molar-refractivity contribution in [1.82, 2.24) is 9.97 Å². The zero-order valence-electron chi connectivity index (χ0n) is 12.3. The third kappa shape index (κ3) is 3.05. The summed E-state index contributed by atoms with van der Waals surface area (Å²) in [7, 11) is 0. The molecule has 1 saturated heterocycles. The third-order valence-corrected chi connectivity index (χ3v) is 3.64. The van der Waals surface area contributed by atoms with Gasteiger partial charge in [-0.1, -0.05) is 0 Å². The zero-order chi connectivity index (χ0) is 15.5. The molecule has 0 saturated carbocycles. The van der Waals surface area contributed by atoms with Crippen LogP contribution in [0.25, 0.3) is 0 Å². The number of aromatic nitrogens is 2. The number of anilines is 1. The van der Waals surface area contributed by atoms with Gasteiger partial charge in [0.2, 0.25) is 0 Å². The van der Waals surface area contributed by atoms with Crippen LogP contribution in [-0.4, -0.2) is 28.8 Å². The normalized spacial score (nSPS) is 15.0. The van der Waals surface area contributed by atoms with Gasteiger partial charge in [-0.3, -0.25) is 4.79 Å². The number of piperidine rings is 1. The van der Waals surface area contributed by atoms with Crippen LogP contribution in [0.4, 0.5) is 10.2 Å². The Kier molecular flexibility index (Phi) is 4.00. The maximum atomic E-state index is 13.2. The van der Waals surface area contributed by atoms with E-state index in [9.17, 15) is 9.18 Å². The van der Waals surface area contributed by atoms with Crippen LogP contribution >= 0.6 is 0 Å². The van der Waals surface area contributed by atoms with Crippen LogP contribution in [0.5, 0.6) is 11.5 Å². The predicted octanol–water partition coefficient (Wildman–Crippen LogP) is 2.89. The van der Waals surface area contributed by atoms with Crippen LogP contribution < -0.4 is 9.64 Å². The van der Waals surface area contributed by atoms with Gasteiger partial charge >= 0.3 is 0 Å². The Morgan fingerprint density at radius 2 is 2.00 bits per heavy atom. The van der Waals surface area contributed by atoms with Gasteiger partial charge in [-0.05, 0) is 30.7 Å².